The Kier molecular flexibility index (Phi) is 3.32. The van der Waals surface area contributed by atoms with Crippen LogP contribution in [0.3, 0.4) is 0 Å². The molecule has 2 aromatic rings. The fraction of sp³-hybridized carbons (Fsp3) is 0.231. The molecule has 0 radical (unpaired) electrons. The molecule has 0 unspecified atom stereocenters. The maximum Gasteiger partial charge on any atom is 0.302 e. The molecule has 0 amide bonds. The van der Waals surface area contributed by atoms with E-state index in [1.165, 1.54) is 6.92 Å². The lowest BCUT2D eigenvalue weighted by Gasteiger charge is -2.05. The van der Waals surface area contributed by atoms with Gasteiger partial charge < -0.3 is 14.5 Å². The number of aromatic nitrogens is 1. The lowest BCUT2D eigenvalue weighted by molar-refractivity contribution is -0.142. The zero-order valence-corrected chi connectivity index (χ0v) is 10.1. The molecule has 18 heavy (non-hydrogen) atoms. The summed E-state index contributed by atoms with van der Waals surface area (Å²) in [6.07, 6.45) is 0. The number of esters is 1. The zero-order chi connectivity index (χ0) is 13.1. The van der Waals surface area contributed by atoms with Gasteiger partial charge >= 0.3 is 5.97 Å². The number of H-pyrrole nitrogens is 1. The Morgan fingerprint density at radius 2 is 2.11 bits per heavy atom. The second-order valence-corrected chi connectivity index (χ2v) is 3.86. The number of benzene rings is 1. The van der Waals surface area contributed by atoms with E-state index in [9.17, 15) is 9.59 Å². The minimum Gasteiger partial charge on any atom is -0.497 e. The lowest BCUT2D eigenvalue weighted by Crippen LogP contribution is -2.14. The molecule has 1 heterocycles. The van der Waals surface area contributed by atoms with E-state index in [4.69, 9.17) is 9.47 Å². The second kappa shape index (κ2) is 4.91. The van der Waals surface area contributed by atoms with E-state index in [0.29, 0.717) is 16.8 Å². The fourth-order valence-electron chi connectivity index (χ4n) is 1.64. The van der Waals surface area contributed by atoms with Gasteiger partial charge in [0.1, 0.15) is 12.4 Å². The number of hydrogen-bond acceptors (Lipinski definition) is 4. The number of fused-ring (bicyclic) bond motifs is 1. The second-order valence-electron chi connectivity index (χ2n) is 3.86. The van der Waals surface area contributed by atoms with Crippen LogP contribution in [0.1, 0.15) is 12.5 Å². The van der Waals surface area contributed by atoms with E-state index in [2.05, 4.69) is 4.98 Å². The third-order valence-corrected chi connectivity index (χ3v) is 2.56. The van der Waals surface area contributed by atoms with Gasteiger partial charge in [0.05, 0.1) is 12.7 Å². The summed E-state index contributed by atoms with van der Waals surface area (Å²) in [7, 11) is 1.58. The summed E-state index contributed by atoms with van der Waals surface area (Å²) < 4.78 is 9.94. The summed E-state index contributed by atoms with van der Waals surface area (Å²) in [6.45, 7) is 1.27. The minimum atomic E-state index is -0.417. The van der Waals surface area contributed by atoms with E-state index in [1.54, 1.807) is 25.3 Å². The minimum absolute atomic E-state index is 0.0299. The number of aromatic amines is 1. The maximum atomic E-state index is 11.7. The van der Waals surface area contributed by atoms with Crippen molar-refractivity contribution in [2.24, 2.45) is 0 Å². The van der Waals surface area contributed by atoms with Crippen LogP contribution in [0, 0.1) is 0 Å². The normalized spacial score (nSPS) is 10.3. The number of pyridine rings is 1. The first-order valence-electron chi connectivity index (χ1n) is 5.43. The Bertz CT molecular complexity index is 645. The molecule has 1 aromatic carbocycles. The topological polar surface area (TPSA) is 68.4 Å². The maximum absolute atomic E-state index is 11.7. The van der Waals surface area contributed by atoms with E-state index >= 15 is 0 Å². The molecular formula is C13H13NO4. The van der Waals surface area contributed by atoms with Crippen molar-refractivity contribution in [3.63, 3.8) is 0 Å². The summed E-state index contributed by atoms with van der Waals surface area (Å²) in [5.41, 5.74) is 0.868. The van der Waals surface area contributed by atoms with Crippen molar-refractivity contribution in [1.29, 1.82) is 0 Å². The number of carbonyl (C=O) groups is 1. The number of nitrogens with one attached hydrogen (secondary N) is 1. The first-order valence-corrected chi connectivity index (χ1v) is 5.43. The Hall–Kier alpha value is -2.30. The van der Waals surface area contributed by atoms with Crippen LogP contribution in [0.15, 0.2) is 29.1 Å². The van der Waals surface area contributed by atoms with Crippen molar-refractivity contribution >= 4 is 16.9 Å². The number of hydrogen-bond donors (Lipinski definition) is 1. The van der Waals surface area contributed by atoms with E-state index in [-0.39, 0.29) is 12.2 Å². The van der Waals surface area contributed by atoms with E-state index < -0.39 is 5.97 Å². The quantitative estimate of drug-likeness (QED) is 0.836. The predicted octanol–water partition coefficient (Wildman–Crippen LogP) is 1.60. The van der Waals surface area contributed by atoms with Gasteiger partial charge in [-0.1, -0.05) is 0 Å². The lowest BCUT2D eigenvalue weighted by atomic mass is 10.1. The highest BCUT2D eigenvalue weighted by Crippen LogP contribution is 2.18. The third-order valence-electron chi connectivity index (χ3n) is 2.56. The molecular weight excluding hydrogens is 234 g/mol. The predicted molar refractivity (Wildman–Crippen MR) is 66.6 cm³/mol. The third kappa shape index (κ3) is 2.51. The summed E-state index contributed by atoms with van der Waals surface area (Å²) >= 11 is 0. The number of rotatable bonds is 3. The van der Waals surface area contributed by atoms with Crippen LogP contribution < -0.4 is 10.3 Å². The molecule has 0 saturated carbocycles. The monoisotopic (exact) mass is 247 g/mol. The fourth-order valence-corrected chi connectivity index (χ4v) is 1.64. The van der Waals surface area contributed by atoms with Crippen molar-refractivity contribution in [2.75, 3.05) is 7.11 Å². The van der Waals surface area contributed by atoms with Crippen molar-refractivity contribution in [1.82, 2.24) is 4.98 Å². The van der Waals surface area contributed by atoms with Gasteiger partial charge in [-0.25, -0.2) is 0 Å². The molecule has 1 N–H and O–H groups in total. The van der Waals surface area contributed by atoms with Gasteiger partial charge in [-0.05, 0) is 24.3 Å². The average Bonchev–Trinajstić information content (AvgIpc) is 2.35. The summed E-state index contributed by atoms with van der Waals surface area (Å²) in [4.78, 5) is 25.2. The van der Waals surface area contributed by atoms with Crippen molar-refractivity contribution in [3.8, 4) is 5.75 Å². The van der Waals surface area contributed by atoms with Crippen LogP contribution in [0.2, 0.25) is 0 Å². The first kappa shape index (κ1) is 12.2. The molecule has 0 aliphatic carbocycles. The Balaban J connectivity index is 2.44. The van der Waals surface area contributed by atoms with Crippen LogP contribution in [-0.2, 0) is 16.1 Å². The van der Waals surface area contributed by atoms with Gasteiger partial charge in [0.25, 0.3) is 5.56 Å². The summed E-state index contributed by atoms with van der Waals surface area (Å²) in [5.74, 6) is 0.285. The molecule has 5 nitrogen and oxygen atoms in total. The molecule has 0 atom stereocenters. The highest BCUT2D eigenvalue weighted by atomic mass is 16.5. The molecule has 1 aromatic heterocycles. The molecule has 94 valence electrons. The smallest absolute Gasteiger partial charge is 0.302 e. The zero-order valence-electron chi connectivity index (χ0n) is 10.1. The van der Waals surface area contributed by atoms with Crippen LogP contribution in [0.4, 0.5) is 0 Å². The molecule has 2 rings (SSSR count). The molecule has 5 heteroatoms. The van der Waals surface area contributed by atoms with Gasteiger partial charge in [0.2, 0.25) is 0 Å². The van der Waals surface area contributed by atoms with Crippen LogP contribution >= 0.6 is 0 Å². The SMILES string of the molecule is COc1ccc2[nH]c(=O)c(COC(C)=O)cc2c1. The van der Waals surface area contributed by atoms with E-state index in [1.807, 2.05) is 6.07 Å². The van der Waals surface area contributed by atoms with Gasteiger partial charge in [-0.15, -0.1) is 0 Å². The van der Waals surface area contributed by atoms with Crippen molar-refractivity contribution < 1.29 is 14.3 Å². The summed E-state index contributed by atoms with van der Waals surface area (Å²) in [6, 6.07) is 7.04. The standard InChI is InChI=1S/C13H13NO4/c1-8(15)18-7-10-5-9-6-11(17-2)3-4-12(9)14-13(10)16/h3-6H,7H2,1-2H3,(H,14,16). The highest BCUT2D eigenvalue weighted by Gasteiger charge is 2.05. The van der Waals surface area contributed by atoms with Crippen LogP contribution in [0.25, 0.3) is 10.9 Å². The van der Waals surface area contributed by atoms with Gasteiger partial charge in [0, 0.05) is 17.8 Å². The van der Waals surface area contributed by atoms with Crippen LogP contribution in [-0.4, -0.2) is 18.1 Å². The summed E-state index contributed by atoms with van der Waals surface area (Å²) in [5, 5.41) is 0.830. The van der Waals surface area contributed by atoms with Gasteiger partial charge in [-0.3, -0.25) is 9.59 Å². The van der Waals surface area contributed by atoms with Gasteiger partial charge in [0.15, 0.2) is 0 Å². The Labute approximate surface area is 103 Å². The Morgan fingerprint density at radius 1 is 1.33 bits per heavy atom. The number of carbonyl (C=O) groups excluding carboxylic acids is 1. The number of methoxy groups -OCH3 is 1. The molecule has 0 saturated heterocycles. The number of ether oxygens (including phenoxy) is 2. The molecule has 0 spiro atoms. The average molecular weight is 247 g/mol. The van der Waals surface area contributed by atoms with Crippen LogP contribution in [0.5, 0.6) is 5.75 Å². The highest BCUT2D eigenvalue weighted by molar-refractivity contribution is 5.80. The van der Waals surface area contributed by atoms with Crippen molar-refractivity contribution in [3.05, 3.63) is 40.2 Å². The molecule has 0 fully saturated rings. The molecule has 0 aliphatic heterocycles. The van der Waals surface area contributed by atoms with E-state index in [0.717, 1.165) is 5.39 Å². The Morgan fingerprint density at radius 3 is 2.78 bits per heavy atom. The molecule has 0 bridgehead atoms. The van der Waals surface area contributed by atoms with Crippen molar-refractivity contribution in [2.45, 2.75) is 13.5 Å². The first-order chi connectivity index (χ1) is 8.60. The molecule has 0 aliphatic rings. The van der Waals surface area contributed by atoms with Gasteiger partial charge in [-0.2, -0.15) is 0 Å². The largest absolute Gasteiger partial charge is 0.497 e.